The molecule has 0 radical (unpaired) electrons. The fourth-order valence-corrected chi connectivity index (χ4v) is 3.20. The molecule has 1 amide bonds. The van der Waals surface area contributed by atoms with Gasteiger partial charge >= 0.3 is 0 Å². The number of rotatable bonds is 2. The topological polar surface area (TPSA) is 67.2 Å². The third-order valence-electron chi connectivity index (χ3n) is 3.62. The second-order valence-electron chi connectivity index (χ2n) is 5.35. The van der Waals surface area contributed by atoms with Crippen LogP contribution in [0.1, 0.15) is 5.56 Å². The molecule has 1 saturated heterocycles. The van der Waals surface area contributed by atoms with Gasteiger partial charge in [0.2, 0.25) is 0 Å². The van der Waals surface area contributed by atoms with E-state index in [1.807, 2.05) is 18.2 Å². The molecule has 1 aliphatic heterocycles. The van der Waals surface area contributed by atoms with Gasteiger partial charge in [0.05, 0.1) is 21.6 Å². The summed E-state index contributed by atoms with van der Waals surface area (Å²) in [4.78, 5) is 25.1. The number of fused-ring (bicyclic) bond motifs is 1. The lowest BCUT2D eigenvalue weighted by Crippen LogP contribution is -2.18. The fraction of sp³-hybridized carbons (Fsp3) is 0. The van der Waals surface area contributed by atoms with E-state index in [1.165, 1.54) is 6.07 Å². The molecule has 4 rings (SSSR count). The molecule has 0 bridgehead atoms. The summed E-state index contributed by atoms with van der Waals surface area (Å²) < 4.78 is 26.4. The van der Waals surface area contributed by atoms with Crippen molar-refractivity contribution in [2.24, 2.45) is 4.99 Å². The monoisotopic (exact) mass is 368 g/mol. The minimum absolute atomic E-state index is 0.199. The number of carbonyl (C=O) groups excluding carboxylic acids is 1. The number of amides is 1. The maximum absolute atomic E-state index is 13.4. The molecule has 26 heavy (non-hydrogen) atoms. The highest BCUT2D eigenvalue weighted by Crippen LogP contribution is 2.30. The number of halogens is 2. The largest absolute Gasteiger partial charge is 0.300 e. The van der Waals surface area contributed by atoms with Crippen LogP contribution >= 0.6 is 11.8 Å². The Bertz CT molecular complexity index is 1090. The molecule has 0 aliphatic carbocycles. The summed E-state index contributed by atoms with van der Waals surface area (Å²) in [5.74, 6) is -1.69. The number of nitrogens with one attached hydrogen (secondary N) is 1. The molecule has 2 heterocycles. The van der Waals surface area contributed by atoms with Crippen molar-refractivity contribution in [3.8, 4) is 0 Å². The normalized spacial score (nSPS) is 17.2. The standard InChI is InChI=1S/C18H10F2N4OS/c19-12-5-4-11(9-13(12)20)23-17-15(26-18(25)24-17)8-10-2-1-3-14-16(10)22-7-6-21-14/h1-9H,(H,23,24,25)/b15-8-. The van der Waals surface area contributed by atoms with Gasteiger partial charge in [-0.2, -0.15) is 0 Å². The van der Waals surface area contributed by atoms with Crippen LogP contribution in [0.2, 0.25) is 0 Å². The number of amidine groups is 1. The molecule has 0 saturated carbocycles. The number of nitrogens with zero attached hydrogens (tertiary/aromatic N) is 3. The zero-order chi connectivity index (χ0) is 18.1. The first-order valence-electron chi connectivity index (χ1n) is 7.54. The van der Waals surface area contributed by atoms with Crippen molar-refractivity contribution in [3.63, 3.8) is 0 Å². The van der Waals surface area contributed by atoms with Gasteiger partial charge in [0.1, 0.15) is 5.84 Å². The third-order valence-corrected chi connectivity index (χ3v) is 4.44. The molecule has 1 N–H and O–H groups in total. The molecule has 1 fully saturated rings. The number of hydrogen-bond donors (Lipinski definition) is 1. The van der Waals surface area contributed by atoms with Gasteiger partial charge in [0.15, 0.2) is 11.6 Å². The summed E-state index contributed by atoms with van der Waals surface area (Å²) in [5, 5.41) is 2.31. The van der Waals surface area contributed by atoms with Crippen LogP contribution in [-0.4, -0.2) is 21.0 Å². The Hall–Kier alpha value is -3.13. The van der Waals surface area contributed by atoms with Crippen LogP contribution in [0.4, 0.5) is 19.3 Å². The Balaban J connectivity index is 1.78. The van der Waals surface area contributed by atoms with Crippen LogP contribution in [0.5, 0.6) is 0 Å². The van der Waals surface area contributed by atoms with E-state index in [2.05, 4.69) is 20.3 Å². The summed E-state index contributed by atoms with van der Waals surface area (Å²) in [6, 6.07) is 8.82. The highest BCUT2D eigenvalue weighted by Gasteiger charge is 2.24. The van der Waals surface area contributed by atoms with Gasteiger partial charge in [-0.15, -0.1) is 0 Å². The number of para-hydroxylation sites is 1. The molecule has 2 aromatic carbocycles. The Morgan fingerprint density at radius 3 is 2.77 bits per heavy atom. The predicted molar refractivity (Wildman–Crippen MR) is 97.1 cm³/mol. The van der Waals surface area contributed by atoms with Crippen LogP contribution in [0.25, 0.3) is 17.1 Å². The van der Waals surface area contributed by atoms with Crippen molar-refractivity contribution < 1.29 is 13.6 Å². The molecule has 8 heteroatoms. The highest BCUT2D eigenvalue weighted by atomic mass is 32.2. The number of aromatic nitrogens is 2. The zero-order valence-corrected chi connectivity index (χ0v) is 13.9. The van der Waals surface area contributed by atoms with Crippen molar-refractivity contribution in [2.75, 3.05) is 0 Å². The Labute approximate surface area is 150 Å². The second kappa shape index (κ2) is 6.64. The molecular formula is C18H10F2N4OS. The fourth-order valence-electron chi connectivity index (χ4n) is 2.47. The predicted octanol–water partition coefficient (Wildman–Crippen LogP) is 4.44. The molecule has 0 spiro atoms. The van der Waals surface area contributed by atoms with Gasteiger partial charge in [-0.1, -0.05) is 12.1 Å². The van der Waals surface area contributed by atoms with Crippen molar-refractivity contribution in [1.29, 1.82) is 0 Å². The van der Waals surface area contributed by atoms with Crippen molar-refractivity contribution in [3.05, 3.63) is 70.9 Å². The first-order valence-corrected chi connectivity index (χ1v) is 8.36. The lowest BCUT2D eigenvalue weighted by molar-refractivity contribution is 0.265. The Kier molecular flexibility index (Phi) is 4.18. The first-order chi connectivity index (χ1) is 12.6. The van der Waals surface area contributed by atoms with Gasteiger partial charge in [-0.25, -0.2) is 13.8 Å². The highest BCUT2D eigenvalue weighted by molar-refractivity contribution is 8.18. The molecule has 5 nitrogen and oxygen atoms in total. The van der Waals surface area contributed by atoms with E-state index in [0.717, 1.165) is 35.0 Å². The van der Waals surface area contributed by atoms with Gasteiger partial charge in [0, 0.05) is 24.0 Å². The van der Waals surface area contributed by atoms with Crippen LogP contribution in [-0.2, 0) is 0 Å². The minimum Gasteiger partial charge on any atom is -0.300 e. The van der Waals surface area contributed by atoms with E-state index in [0.29, 0.717) is 10.4 Å². The van der Waals surface area contributed by atoms with Crippen molar-refractivity contribution in [2.45, 2.75) is 0 Å². The number of benzene rings is 2. The van der Waals surface area contributed by atoms with Gasteiger partial charge in [-0.05, 0) is 36.0 Å². The van der Waals surface area contributed by atoms with Crippen LogP contribution in [0.15, 0.2) is 58.7 Å². The molecular weight excluding hydrogens is 358 g/mol. The molecule has 3 aromatic rings. The Morgan fingerprint density at radius 1 is 1.08 bits per heavy atom. The minimum atomic E-state index is -1.00. The quantitative estimate of drug-likeness (QED) is 0.726. The number of hydrogen-bond acceptors (Lipinski definition) is 5. The summed E-state index contributed by atoms with van der Waals surface area (Å²) in [5.41, 5.74) is 2.38. The first kappa shape index (κ1) is 16.3. The lowest BCUT2D eigenvalue weighted by Gasteiger charge is -2.03. The summed E-state index contributed by atoms with van der Waals surface area (Å²) in [7, 11) is 0. The van der Waals surface area contributed by atoms with E-state index in [4.69, 9.17) is 0 Å². The Morgan fingerprint density at radius 2 is 1.92 bits per heavy atom. The average Bonchev–Trinajstić information content (AvgIpc) is 2.97. The summed E-state index contributed by atoms with van der Waals surface area (Å²) in [6.07, 6.45) is 4.95. The van der Waals surface area contributed by atoms with Crippen LogP contribution < -0.4 is 5.32 Å². The molecule has 1 aliphatic rings. The lowest BCUT2D eigenvalue weighted by atomic mass is 10.1. The number of carbonyl (C=O) groups is 1. The van der Waals surface area contributed by atoms with E-state index < -0.39 is 11.6 Å². The number of aliphatic imine (C=N–C) groups is 1. The summed E-state index contributed by atoms with van der Waals surface area (Å²) in [6.45, 7) is 0. The van der Waals surface area contributed by atoms with Gasteiger partial charge in [-0.3, -0.25) is 14.8 Å². The molecule has 1 aromatic heterocycles. The summed E-state index contributed by atoms with van der Waals surface area (Å²) >= 11 is 0.968. The number of thioether (sulfide) groups is 1. The van der Waals surface area contributed by atoms with Gasteiger partial charge < -0.3 is 5.32 Å². The molecule has 128 valence electrons. The van der Waals surface area contributed by atoms with Crippen LogP contribution in [0.3, 0.4) is 0 Å². The van der Waals surface area contributed by atoms with Crippen molar-refractivity contribution in [1.82, 2.24) is 15.3 Å². The zero-order valence-electron chi connectivity index (χ0n) is 13.1. The SMILES string of the molecule is O=C1NC(=Nc2ccc(F)c(F)c2)/C(=C/c2cccc3nccnc23)S1. The third kappa shape index (κ3) is 3.18. The van der Waals surface area contributed by atoms with Crippen molar-refractivity contribution >= 4 is 45.6 Å². The van der Waals surface area contributed by atoms with E-state index in [-0.39, 0.29) is 16.8 Å². The average molecular weight is 368 g/mol. The smallest absolute Gasteiger partial charge is 0.289 e. The van der Waals surface area contributed by atoms with E-state index in [9.17, 15) is 13.6 Å². The molecule has 0 atom stereocenters. The van der Waals surface area contributed by atoms with E-state index >= 15 is 0 Å². The second-order valence-corrected chi connectivity index (χ2v) is 6.37. The maximum atomic E-state index is 13.4. The maximum Gasteiger partial charge on any atom is 0.289 e. The molecule has 0 unspecified atom stereocenters. The van der Waals surface area contributed by atoms with Crippen LogP contribution in [0, 0.1) is 11.6 Å². The van der Waals surface area contributed by atoms with Gasteiger partial charge in [0.25, 0.3) is 5.24 Å². The van der Waals surface area contributed by atoms with E-state index in [1.54, 1.807) is 18.5 Å².